The van der Waals surface area contributed by atoms with Gasteiger partial charge in [-0.25, -0.2) is 0 Å². The SMILES string of the molecule is COc1ccc(NC(C)c2cc(Cl)ccc2Cl)c(C)c1. The molecule has 0 aliphatic heterocycles. The molecule has 0 saturated heterocycles. The molecule has 1 unspecified atom stereocenters. The maximum absolute atomic E-state index is 6.23. The molecule has 0 bridgehead atoms. The summed E-state index contributed by atoms with van der Waals surface area (Å²) in [5.41, 5.74) is 3.15. The summed E-state index contributed by atoms with van der Waals surface area (Å²) >= 11 is 12.3. The predicted molar refractivity (Wildman–Crippen MR) is 86.2 cm³/mol. The van der Waals surface area contributed by atoms with Crippen molar-refractivity contribution in [3.05, 3.63) is 57.6 Å². The predicted octanol–water partition coefficient (Wildman–Crippen LogP) is 5.48. The van der Waals surface area contributed by atoms with Gasteiger partial charge >= 0.3 is 0 Å². The number of methoxy groups -OCH3 is 1. The summed E-state index contributed by atoms with van der Waals surface area (Å²) in [6.45, 7) is 4.10. The summed E-state index contributed by atoms with van der Waals surface area (Å²) in [4.78, 5) is 0. The van der Waals surface area contributed by atoms with Crippen molar-refractivity contribution in [3.8, 4) is 5.75 Å². The Morgan fingerprint density at radius 2 is 1.85 bits per heavy atom. The Balaban J connectivity index is 2.23. The lowest BCUT2D eigenvalue weighted by molar-refractivity contribution is 0.414. The maximum Gasteiger partial charge on any atom is 0.119 e. The number of aryl methyl sites for hydroxylation is 1. The second-order valence-corrected chi connectivity index (χ2v) is 5.56. The first-order chi connectivity index (χ1) is 9.51. The van der Waals surface area contributed by atoms with Gasteiger partial charge in [-0.1, -0.05) is 23.2 Å². The lowest BCUT2D eigenvalue weighted by Crippen LogP contribution is -2.08. The van der Waals surface area contributed by atoms with Crippen molar-refractivity contribution in [3.63, 3.8) is 0 Å². The number of rotatable bonds is 4. The summed E-state index contributed by atoms with van der Waals surface area (Å²) in [6, 6.07) is 11.5. The van der Waals surface area contributed by atoms with Crippen molar-refractivity contribution in [2.24, 2.45) is 0 Å². The average molecular weight is 310 g/mol. The van der Waals surface area contributed by atoms with Crippen LogP contribution in [-0.4, -0.2) is 7.11 Å². The number of ether oxygens (including phenoxy) is 1. The molecule has 2 aromatic carbocycles. The average Bonchev–Trinajstić information content (AvgIpc) is 2.43. The second kappa shape index (κ2) is 6.38. The smallest absolute Gasteiger partial charge is 0.119 e. The van der Waals surface area contributed by atoms with E-state index in [0.29, 0.717) is 10.0 Å². The van der Waals surface area contributed by atoms with Crippen molar-refractivity contribution in [2.45, 2.75) is 19.9 Å². The zero-order valence-corrected chi connectivity index (χ0v) is 13.2. The van der Waals surface area contributed by atoms with E-state index in [9.17, 15) is 0 Å². The van der Waals surface area contributed by atoms with E-state index in [1.54, 1.807) is 13.2 Å². The van der Waals surface area contributed by atoms with Crippen molar-refractivity contribution in [1.82, 2.24) is 0 Å². The van der Waals surface area contributed by atoms with Crippen LogP contribution in [0.5, 0.6) is 5.75 Å². The Hall–Kier alpha value is -1.38. The van der Waals surface area contributed by atoms with Crippen molar-refractivity contribution >= 4 is 28.9 Å². The number of nitrogens with one attached hydrogen (secondary N) is 1. The molecule has 2 rings (SSSR count). The number of halogens is 2. The van der Waals surface area contributed by atoms with Crippen LogP contribution < -0.4 is 10.1 Å². The van der Waals surface area contributed by atoms with Gasteiger partial charge in [0.15, 0.2) is 0 Å². The fourth-order valence-electron chi connectivity index (χ4n) is 2.08. The van der Waals surface area contributed by atoms with Gasteiger partial charge in [0.1, 0.15) is 5.75 Å². The van der Waals surface area contributed by atoms with Gasteiger partial charge in [-0.05, 0) is 61.4 Å². The van der Waals surface area contributed by atoms with Crippen LogP contribution in [0.1, 0.15) is 24.1 Å². The molecule has 0 fully saturated rings. The monoisotopic (exact) mass is 309 g/mol. The molecule has 0 aromatic heterocycles. The lowest BCUT2D eigenvalue weighted by Gasteiger charge is -2.19. The highest BCUT2D eigenvalue weighted by atomic mass is 35.5. The number of hydrogen-bond donors (Lipinski definition) is 1. The normalized spacial score (nSPS) is 12.1. The van der Waals surface area contributed by atoms with Crippen LogP contribution >= 0.6 is 23.2 Å². The Morgan fingerprint density at radius 1 is 1.10 bits per heavy atom. The zero-order valence-electron chi connectivity index (χ0n) is 11.7. The first-order valence-electron chi connectivity index (χ1n) is 6.37. The van der Waals surface area contributed by atoms with Crippen LogP contribution in [0, 0.1) is 6.92 Å². The Kier molecular flexibility index (Phi) is 4.79. The molecule has 106 valence electrons. The van der Waals surface area contributed by atoms with E-state index in [0.717, 1.165) is 22.6 Å². The van der Waals surface area contributed by atoms with Gasteiger partial charge in [0.05, 0.1) is 13.2 Å². The third-order valence-corrected chi connectivity index (χ3v) is 3.81. The van der Waals surface area contributed by atoms with E-state index in [1.807, 2.05) is 37.3 Å². The molecule has 1 N–H and O–H groups in total. The van der Waals surface area contributed by atoms with E-state index in [2.05, 4.69) is 12.2 Å². The fourth-order valence-corrected chi connectivity index (χ4v) is 2.54. The third-order valence-electron chi connectivity index (χ3n) is 3.23. The van der Waals surface area contributed by atoms with Gasteiger partial charge < -0.3 is 10.1 Å². The van der Waals surface area contributed by atoms with Crippen LogP contribution in [-0.2, 0) is 0 Å². The van der Waals surface area contributed by atoms with E-state index in [-0.39, 0.29) is 6.04 Å². The molecule has 0 aliphatic rings. The molecule has 0 radical (unpaired) electrons. The molecule has 4 heteroatoms. The minimum Gasteiger partial charge on any atom is -0.497 e. The summed E-state index contributed by atoms with van der Waals surface area (Å²) < 4.78 is 5.21. The first-order valence-corrected chi connectivity index (χ1v) is 7.13. The van der Waals surface area contributed by atoms with E-state index < -0.39 is 0 Å². The summed E-state index contributed by atoms with van der Waals surface area (Å²) in [5.74, 6) is 0.849. The number of hydrogen-bond acceptors (Lipinski definition) is 2. The van der Waals surface area contributed by atoms with Crippen LogP contribution in [0.2, 0.25) is 10.0 Å². The van der Waals surface area contributed by atoms with E-state index >= 15 is 0 Å². The molecule has 0 spiro atoms. The second-order valence-electron chi connectivity index (χ2n) is 4.71. The first kappa shape index (κ1) is 15.0. The Bertz CT molecular complexity index is 613. The molecule has 20 heavy (non-hydrogen) atoms. The molecular formula is C16H17Cl2NO. The van der Waals surface area contributed by atoms with Gasteiger partial charge in [0, 0.05) is 15.7 Å². The topological polar surface area (TPSA) is 21.3 Å². The fraction of sp³-hybridized carbons (Fsp3) is 0.250. The van der Waals surface area contributed by atoms with Crippen molar-refractivity contribution in [1.29, 1.82) is 0 Å². The molecule has 1 atom stereocenters. The molecule has 0 amide bonds. The van der Waals surface area contributed by atoms with Crippen LogP contribution in [0.25, 0.3) is 0 Å². The summed E-state index contributed by atoms with van der Waals surface area (Å²) in [5, 5.41) is 4.84. The minimum atomic E-state index is 0.0632. The Morgan fingerprint density at radius 3 is 2.50 bits per heavy atom. The molecule has 0 saturated carbocycles. The maximum atomic E-state index is 6.23. The summed E-state index contributed by atoms with van der Waals surface area (Å²) in [6.07, 6.45) is 0. The quantitative estimate of drug-likeness (QED) is 0.807. The van der Waals surface area contributed by atoms with Gasteiger partial charge in [0.2, 0.25) is 0 Å². The highest BCUT2D eigenvalue weighted by Gasteiger charge is 2.11. The highest BCUT2D eigenvalue weighted by molar-refractivity contribution is 6.33. The van der Waals surface area contributed by atoms with Gasteiger partial charge in [-0.15, -0.1) is 0 Å². The van der Waals surface area contributed by atoms with Crippen molar-refractivity contribution < 1.29 is 4.74 Å². The van der Waals surface area contributed by atoms with Gasteiger partial charge in [0.25, 0.3) is 0 Å². The number of benzene rings is 2. The Labute approximate surface area is 129 Å². The van der Waals surface area contributed by atoms with Crippen LogP contribution in [0.15, 0.2) is 36.4 Å². The molecular weight excluding hydrogens is 293 g/mol. The number of anilines is 1. The molecule has 0 heterocycles. The summed E-state index contributed by atoms with van der Waals surface area (Å²) in [7, 11) is 1.66. The standard InChI is InChI=1S/C16H17Cl2NO/c1-10-8-13(20-3)5-7-16(10)19-11(2)14-9-12(17)4-6-15(14)18/h4-9,11,19H,1-3H3. The highest BCUT2D eigenvalue weighted by Crippen LogP contribution is 2.30. The molecule has 2 aromatic rings. The van der Waals surface area contributed by atoms with Crippen LogP contribution in [0.3, 0.4) is 0 Å². The zero-order chi connectivity index (χ0) is 14.7. The van der Waals surface area contributed by atoms with Gasteiger partial charge in [-0.3, -0.25) is 0 Å². The van der Waals surface area contributed by atoms with Gasteiger partial charge in [-0.2, -0.15) is 0 Å². The third kappa shape index (κ3) is 3.38. The lowest BCUT2D eigenvalue weighted by atomic mass is 10.1. The van der Waals surface area contributed by atoms with E-state index in [1.165, 1.54) is 0 Å². The molecule has 0 aliphatic carbocycles. The minimum absolute atomic E-state index is 0.0632. The largest absolute Gasteiger partial charge is 0.497 e. The molecule has 2 nitrogen and oxygen atoms in total. The van der Waals surface area contributed by atoms with Crippen molar-refractivity contribution in [2.75, 3.05) is 12.4 Å². The van der Waals surface area contributed by atoms with E-state index in [4.69, 9.17) is 27.9 Å². The van der Waals surface area contributed by atoms with Crippen LogP contribution in [0.4, 0.5) is 5.69 Å².